The summed E-state index contributed by atoms with van der Waals surface area (Å²) in [7, 11) is 0. The summed E-state index contributed by atoms with van der Waals surface area (Å²) in [4.78, 5) is 4.52. The lowest BCUT2D eigenvalue weighted by Gasteiger charge is -2.08. The molecule has 0 radical (unpaired) electrons. The standard InChI is InChI=1S/C15H14FN3/c1-2-19-14-8-7-10(16)9-13(14)18-15(19)11-5-3-4-6-12(11)17/h3-9H,2,17H2,1H3. The van der Waals surface area contributed by atoms with E-state index < -0.39 is 0 Å². The highest BCUT2D eigenvalue weighted by molar-refractivity contribution is 5.83. The number of aromatic nitrogens is 2. The molecule has 0 spiro atoms. The number of anilines is 1. The number of imidazole rings is 1. The molecule has 0 fully saturated rings. The van der Waals surface area contributed by atoms with Crippen LogP contribution in [0.1, 0.15) is 6.92 Å². The lowest BCUT2D eigenvalue weighted by Crippen LogP contribution is -1.99. The molecule has 0 aliphatic carbocycles. The number of aryl methyl sites for hydroxylation is 1. The Morgan fingerprint density at radius 1 is 1.21 bits per heavy atom. The number of rotatable bonds is 2. The molecule has 3 nitrogen and oxygen atoms in total. The summed E-state index contributed by atoms with van der Waals surface area (Å²) >= 11 is 0. The van der Waals surface area contributed by atoms with E-state index in [1.807, 2.05) is 35.8 Å². The molecule has 2 N–H and O–H groups in total. The first kappa shape index (κ1) is 11.7. The first-order valence-corrected chi connectivity index (χ1v) is 6.21. The van der Waals surface area contributed by atoms with Gasteiger partial charge in [0.05, 0.1) is 11.0 Å². The fourth-order valence-electron chi connectivity index (χ4n) is 2.33. The maximum atomic E-state index is 13.3. The van der Waals surface area contributed by atoms with Crippen molar-refractivity contribution in [3.63, 3.8) is 0 Å². The average Bonchev–Trinajstić information content (AvgIpc) is 2.76. The van der Waals surface area contributed by atoms with Gasteiger partial charge in [-0.2, -0.15) is 0 Å². The lowest BCUT2D eigenvalue weighted by molar-refractivity contribution is 0.629. The van der Waals surface area contributed by atoms with Crippen LogP contribution in [0, 0.1) is 5.82 Å². The van der Waals surface area contributed by atoms with Gasteiger partial charge in [-0.1, -0.05) is 12.1 Å². The predicted octanol–water partition coefficient (Wildman–Crippen LogP) is 3.44. The molecule has 0 saturated heterocycles. The van der Waals surface area contributed by atoms with Gasteiger partial charge in [0.2, 0.25) is 0 Å². The normalized spacial score (nSPS) is 11.1. The highest BCUT2D eigenvalue weighted by atomic mass is 19.1. The molecule has 2 aromatic carbocycles. The van der Waals surface area contributed by atoms with Crippen LogP contribution in [0.15, 0.2) is 42.5 Å². The Morgan fingerprint density at radius 2 is 2.00 bits per heavy atom. The molecule has 19 heavy (non-hydrogen) atoms. The predicted molar refractivity (Wildman–Crippen MR) is 75.2 cm³/mol. The van der Waals surface area contributed by atoms with E-state index >= 15 is 0 Å². The Hall–Kier alpha value is -2.36. The lowest BCUT2D eigenvalue weighted by atomic mass is 10.1. The molecule has 3 rings (SSSR count). The second-order valence-corrected chi connectivity index (χ2v) is 4.40. The van der Waals surface area contributed by atoms with Crippen LogP contribution >= 0.6 is 0 Å². The van der Waals surface area contributed by atoms with Crippen molar-refractivity contribution < 1.29 is 4.39 Å². The van der Waals surface area contributed by atoms with Crippen molar-refractivity contribution in [2.45, 2.75) is 13.5 Å². The third-order valence-electron chi connectivity index (χ3n) is 3.23. The summed E-state index contributed by atoms with van der Waals surface area (Å²) in [6.07, 6.45) is 0. The van der Waals surface area contributed by atoms with Gasteiger partial charge in [-0.25, -0.2) is 9.37 Å². The number of nitrogens with zero attached hydrogens (tertiary/aromatic N) is 2. The molecule has 3 aromatic rings. The number of hydrogen-bond acceptors (Lipinski definition) is 2. The van der Waals surface area contributed by atoms with Gasteiger partial charge in [-0.05, 0) is 31.2 Å². The number of nitrogens with two attached hydrogens (primary N) is 1. The van der Waals surface area contributed by atoms with Crippen LogP contribution in [0.4, 0.5) is 10.1 Å². The minimum absolute atomic E-state index is 0.277. The van der Waals surface area contributed by atoms with Gasteiger partial charge in [0.25, 0.3) is 0 Å². The SMILES string of the molecule is CCn1c(-c2ccccc2N)nc2cc(F)ccc21. The number of hydrogen-bond donors (Lipinski definition) is 1. The number of fused-ring (bicyclic) bond motifs is 1. The van der Waals surface area contributed by atoms with E-state index in [0.717, 1.165) is 23.4 Å². The van der Waals surface area contributed by atoms with Crippen LogP contribution in [-0.4, -0.2) is 9.55 Å². The van der Waals surface area contributed by atoms with Gasteiger partial charge >= 0.3 is 0 Å². The molecule has 1 heterocycles. The smallest absolute Gasteiger partial charge is 0.143 e. The van der Waals surface area contributed by atoms with Crippen molar-refractivity contribution in [3.05, 3.63) is 48.3 Å². The molecule has 0 aliphatic rings. The molecule has 0 aliphatic heterocycles. The maximum Gasteiger partial charge on any atom is 0.143 e. The minimum Gasteiger partial charge on any atom is -0.398 e. The first-order valence-electron chi connectivity index (χ1n) is 6.21. The van der Waals surface area contributed by atoms with Crippen molar-refractivity contribution in [2.75, 3.05) is 5.73 Å². The molecule has 0 unspecified atom stereocenters. The number of halogens is 1. The van der Waals surface area contributed by atoms with E-state index in [9.17, 15) is 4.39 Å². The van der Waals surface area contributed by atoms with Gasteiger partial charge in [-0.3, -0.25) is 0 Å². The zero-order chi connectivity index (χ0) is 13.4. The van der Waals surface area contributed by atoms with Crippen LogP contribution in [0.2, 0.25) is 0 Å². The van der Waals surface area contributed by atoms with Gasteiger partial charge in [0, 0.05) is 23.9 Å². The summed E-state index contributed by atoms with van der Waals surface area (Å²) in [5, 5.41) is 0. The fourth-order valence-corrected chi connectivity index (χ4v) is 2.33. The van der Waals surface area contributed by atoms with Crippen LogP contribution in [0.25, 0.3) is 22.4 Å². The highest BCUT2D eigenvalue weighted by Gasteiger charge is 2.13. The Morgan fingerprint density at radius 3 is 2.74 bits per heavy atom. The molecule has 1 aromatic heterocycles. The van der Waals surface area contributed by atoms with Gasteiger partial charge in [-0.15, -0.1) is 0 Å². The molecule has 96 valence electrons. The number of para-hydroxylation sites is 1. The number of benzene rings is 2. The molecule has 0 bridgehead atoms. The Labute approximate surface area is 110 Å². The van der Waals surface area contributed by atoms with Crippen molar-refractivity contribution in [1.82, 2.24) is 9.55 Å². The summed E-state index contributed by atoms with van der Waals surface area (Å²) in [5.74, 6) is 0.502. The van der Waals surface area contributed by atoms with Gasteiger partial charge in [0.15, 0.2) is 0 Å². The van der Waals surface area contributed by atoms with Crippen LogP contribution in [0.3, 0.4) is 0 Å². The van der Waals surface area contributed by atoms with Crippen LogP contribution in [-0.2, 0) is 6.54 Å². The molecule has 4 heteroatoms. The van der Waals surface area contributed by atoms with Crippen molar-refractivity contribution in [3.8, 4) is 11.4 Å². The Balaban J connectivity index is 2.32. The van der Waals surface area contributed by atoms with Gasteiger partial charge < -0.3 is 10.3 Å². The Bertz CT molecular complexity index is 746. The van der Waals surface area contributed by atoms with E-state index in [1.165, 1.54) is 12.1 Å². The summed E-state index contributed by atoms with van der Waals surface area (Å²) in [5.41, 5.74) is 9.12. The summed E-state index contributed by atoms with van der Waals surface area (Å²) < 4.78 is 15.3. The van der Waals surface area contributed by atoms with Crippen LogP contribution < -0.4 is 5.73 Å². The van der Waals surface area contributed by atoms with E-state index in [4.69, 9.17) is 5.73 Å². The average molecular weight is 255 g/mol. The monoisotopic (exact) mass is 255 g/mol. The summed E-state index contributed by atoms with van der Waals surface area (Å²) in [6.45, 7) is 2.79. The second kappa shape index (κ2) is 4.39. The fraction of sp³-hybridized carbons (Fsp3) is 0.133. The van der Waals surface area contributed by atoms with Crippen molar-refractivity contribution in [2.24, 2.45) is 0 Å². The van der Waals surface area contributed by atoms with Crippen LogP contribution in [0.5, 0.6) is 0 Å². The highest BCUT2D eigenvalue weighted by Crippen LogP contribution is 2.28. The maximum absolute atomic E-state index is 13.3. The number of nitrogen functional groups attached to an aromatic ring is 1. The molecule has 0 amide bonds. The quantitative estimate of drug-likeness (QED) is 0.713. The van der Waals surface area contributed by atoms with E-state index in [1.54, 1.807) is 6.07 Å². The zero-order valence-electron chi connectivity index (χ0n) is 10.6. The summed E-state index contributed by atoms with van der Waals surface area (Å²) in [6, 6.07) is 12.2. The second-order valence-electron chi connectivity index (χ2n) is 4.40. The van der Waals surface area contributed by atoms with Crippen molar-refractivity contribution >= 4 is 16.7 Å². The Kier molecular flexibility index (Phi) is 2.71. The topological polar surface area (TPSA) is 43.8 Å². The minimum atomic E-state index is -0.277. The zero-order valence-corrected chi connectivity index (χ0v) is 10.6. The van der Waals surface area contributed by atoms with Gasteiger partial charge in [0.1, 0.15) is 11.6 Å². The van der Waals surface area contributed by atoms with E-state index in [2.05, 4.69) is 4.98 Å². The van der Waals surface area contributed by atoms with E-state index in [-0.39, 0.29) is 5.82 Å². The largest absolute Gasteiger partial charge is 0.398 e. The molecular formula is C15H14FN3. The van der Waals surface area contributed by atoms with E-state index in [0.29, 0.717) is 11.2 Å². The molecule has 0 saturated carbocycles. The third kappa shape index (κ3) is 1.85. The third-order valence-corrected chi connectivity index (χ3v) is 3.23. The molecule has 0 atom stereocenters. The molecular weight excluding hydrogens is 241 g/mol. The first-order chi connectivity index (χ1) is 9.20. The van der Waals surface area contributed by atoms with Crippen molar-refractivity contribution in [1.29, 1.82) is 0 Å².